The lowest BCUT2D eigenvalue weighted by molar-refractivity contribution is -0.145. The molecular formula is C19H20N4O2. The molecule has 0 N–H and O–H groups in total. The minimum absolute atomic E-state index is 0.0264. The van der Waals surface area contributed by atoms with Crippen LogP contribution in [0.5, 0.6) is 0 Å². The number of pyridine rings is 1. The number of aromatic nitrogens is 1. The Labute approximate surface area is 146 Å². The highest BCUT2D eigenvalue weighted by Crippen LogP contribution is 2.33. The lowest BCUT2D eigenvalue weighted by atomic mass is 9.96. The van der Waals surface area contributed by atoms with E-state index in [1.807, 2.05) is 29.2 Å². The number of piperidine rings is 1. The number of carbonyl (C=O) groups excluding carboxylic acids is 1. The first-order valence-corrected chi connectivity index (χ1v) is 8.60. The average molecular weight is 336 g/mol. The van der Waals surface area contributed by atoms with E-state index >= 15 is 0 Å². The molecule has 2 fully saturated rings. The van der Waals surface area contributed by atoms with E-state index in [9.17, 15) is 10.1 Å². The number of nitrogens with zero attached hydrogens (tertiary/aromatic N) is 4. The number of morpholine rings is 1. The van der Waals surface area contributed by atoms with E-state index in [1.165, 1.54) is 0 Å². The van der Waals surface area contributed by atoms with E-state index in [0.29, 0.717) is 25.3 Å². The molecule has 4 rings (SSSR count). The molecule has 0 bridgehead atoms. The van der Waals surface area contributed by atoms with Gasteiger partial charge < -0.3 is 14.5 Å². The Bertz CT molecular complexity index is 860. The minimum Gasteiger partial charge on any atom is -0.374 e. The van der Waals surface area contributed by atoms with Crippen molar-refractivity contribution in [1.29, 1.82) is 5.26 Å². The summed E-state index contributed by atoms with van der Waals surface area (Å²) in [6.07, 6.45) is 2.56. The SMILES string of the molecule is CC(=O)N1CCOC2CCN(c3c(C#N)cnc4ccccc34)CC21. The van der Waals surface area contributed by atoms with Gasteiger partial charge in [0.05, 0.1) is 35.5 Å². The summed E-state index contributed by atoms with van der Waals surface area (Å²) >= 11 is 0. The normalized spacial score (nSPS) is 23.2. The van der Waals surface area contributed by atoms with Gasteiger partial charge in [0.1, 0.15) is 6.07 Å². The summed E-state index contributed by atoms with van der Waals surface area (Å²) in [5, 5.41) is 10.6. The number of hydrogen-bond donors (Lipinski definition) is 0. The number of para-hydroxylation sites is 1. The van der Waals surface area contributed by atoms with E-state index in [1.54, 1.807) is 13.1 Å². The Kier molecular flexibility index (Phi) is 4.02. The van der Waals surface area contributed by atoms with Gasteiger partial charge in [-0.3, -0.25) is 9.78 Å². The van der Waals surface area contributed by atoms with Crippen molar-refractivity contribution in [2.45, 2.75) is 25.5 Å². The smallest absolute Gasteiger partial charge is 0.219 e. The van der Waals surface area contributed by atoms with E-state index in [2.05, 4.69) is 16.0 Å². The van der Waals surface area contributed by atoms with Crippen LogP contribution in [0.25, 0.3) is 10.9 Å². The maximum Gasteiger partial charge on any atom is 0.219 e. The molecule has 0 spiro atoms. The highest BCUT2D eigenvalue weighted by Gasteiger charge is 2.39. The molecule has 2 atom stereocenters. The Morgan fingerprint density at radius 3 is 3.00 bits per heavy atom. The highest BCUT2D eigenvalue weighted by atomic mass is 16.5. The van der Waals surface area contributed by atoms with Crippen LogP contribution in [0.3, 0.4) is 0 Å². The van der Waals surface area contributed by atoms with Crippen molar-refractivity contribution in [3.63, 3.8) is 0 Å². The summed E-state index contributed by atoms with van der Waals surface area (Å²) in [6.45, 7) is 4.32. The van der Waals surface area contributed by atoms with Gasteiger partial charge >= 0.3 is 0 Å². The molecule has 0 radical (unpaired) electrons. The number of anilines is 1. The van der Waals surface area contributed by atoms with Gasteiger partial charge in [0.2, 0.25) is 5.91 Å². The third-order valence-electron chi connectivity index (χ3n) is 5.17. The van der Waals surface area contributed by atoms with Gasteiger partial charge in [0, 0.05) is 38.1 Å². The molecule has 1 aromatic carbocycles. The topological polar surface area (TPSA) is 69.5 Å². The second-order valence-corrected chi connectivity index (χ2v) is 6.57. The summed E-state index contributed by atoms with van der Waals surface area (Å²) in [4.78, 5) is 20.5. The molecule has 2 saturated heterocycles. The molecule has 6 heteroatoms. The Morgan fingerprint density at radius 1 is 1.36 bits per heavy atom. The minimum atomic E-state index is 0.0264. The molecule has 25 heavy (non-hydrogen) atoms. The van der Waals surface area contributed by atoms with Crippen LogP contribution in [0.15, 0.2) is 30.5 Å². The number of benzene rings is 1. The fourth-order valence-electron chi connectivity index (χ4n) is 4.02. The van der Waals surface area contributed by atoms with E-state index in [4.69, 9.17) is 4.74 Å². The molecular weight excluding hydrogens is 316 g/mol. The zero-order valence-electron chi connectivity index (χ0n) is 14.2. The lowest BCUT2D eigenvalue weighted by Gasteiger charge is -2.47. The van der Waals surface area contributed by atoms with Crippen molar-refractivity contribution in [3.05, 3.63) is 36.0 Å². The van der Waals surface area contributed by atoms with Crippen LogP contribution in [-0.4, -0.2) is 54.2 Å². The van der Waals surface area contributed by atoms with Gasteiger partial charge in [0.15, 0.2) is 0 Å². The number of rotatable bonds is 1. The van der Waals surface area contributed by atoms with Crippen LogP contribution in [0.2, 0.25) is 0 Å². The predicted molar refractivity (Wildman–Crippen MR) is 94.2 cm³/mol. The van der Waals surface area contributed by atoms with Crippen molar-refractivity contribution in [3.8, 4) is 6.07 Å². The maximum atomic E-state index is 12.0. The van der Waals surface area contributed by atoms with Crippen molar-refractivity contribution in [1.82, 2.24) is 9.88 Å². The number of fused-ring (bicyclic) bond motifs is 2. The molecule has 0 saturated carbocycles. The molecule has 2 unspecified atom stereocenters. The molecule has 2 aromatic rings. The molecule has 2 aliphatic rings. The van der Waals surface area contributed by atoms with E-state index in [-0.39, 0.29) is 18.1 Å². The summed E-state index contributed by atoms with van der Waals surface area (Å²) in [7, 11) is 0. The third-order valence-corrected chi connectivity index (χ3v) is 5.17. The van der Waals surface area contributed by atoms with Crippen LogP contribution in [0, 0.1) is 11.3 Å². The number of nitriles is 1. The van der Waals surface area contributed by atoms with Gasteiger partial charge in [-0.25, -0.2) is 0 Å². The fourth-order valence-corrected chi connectivity index (χ4v) is 4.02. The molecule has 0 aliphatic carbocycles. The zero-order valence-corrected chi connectivity index (χ0v) is 14.2. The second-order valence-electron chi connectivity index (χ2n) is 6.57. The van der Waals surface area contributed by atoms with Crippen LogP contribution in [0.1, 0.15) is 18.9 Å². The van der Waals surface area contributed by atoms with E-state index < -0.39 is 0 Å². The van der Waals surface area contributed by atoms with Crippen LogP contribution >= 0.6 is 0 Å². The standard InChI is InChI=1S/C19H20N4O2/c1-13(24)23-8-9-25-18-6-7-22(12-17(18)23)19-14(10-20)11-21-16-5-3-2-4-15(16)19/h2-5,11,17-18H,6-9,12H2,1H3. The lowest BCUT2D eigenvalue weighted by Crippen LogP contribution is -2.61. The monoisotopic (exact) mass is 336 g/mol. The zero-order chi connectivity index (χ0) is 17.4. The Balaban J connectivity index is 1.74. The molecule has 2 aliphatic heterocycles. The van der Waals surface area contributed by atoms with E-state index in [0.717, 1.165) is 29.6 Å². The summed E-state index contributed by atoms with van der Waals surface area (Å²) in [5.74, 6) is 0.0836. The Hall–Kier alpha value is -2.65. The number of hydrogen-bond acceptors (Lipinski definition) is 5. The molecule has 1 amide bonds. The quantitative estimate of drug-likeness (QED) is 0.796. The first kappa shape index (κ1) is 15.9. The summed E-state index contributed by atoms with van der Waals surface area (Å²) in [5.41, 5.74) is 2.37. The van der Waals surface area contributed by atoms with Crippen LogP contribution < -0.4 is 4.90 Å². The molecule has 3 heterocycles. The number of amides is 1. The fraction of sp³-hybridized carbons (Fsp3) is 0.421. The van der Waals surface area contributed by atoms with Crippen LogP contribution in [0.4, 0.5) is 5.69 Å². The largest absolute Gasteiger partial charge is 0.374 e. The molecule has 6 nitrogen and oxygen atoms in total. The second kappa shape index (κ2) is 6.34. The number of ether oxygens (including phenoxy) is 1. The van der Waals surface area contributed by atoms with Gasteiger partial charge in [-0.2, -0.15) is 5.26 Å². The molecule has 128 valence electrons. The number of carbonyl (C=O) groups is 1. The third kappa shape index (κ3) is 2.71. The highest BCUT2D eigenvalue weighted by molar-refractivity contribution is 5.94. The average Bonchev–Trinajstić information content (AvgIpc) is 2.66. The van der Waals surface area contributed by atoms with Crippen molar-refractivity contribution >= 4 is 22.5 Å². The first-order valence-electron chi connectivity index (χ1n) is 8.60. The van der Waals surface area contributed by atoms with Gasteiger partial charge in [-0.15, -0.1) is 0 Å². The summed E-state index contributed by atoms with van der Waals surface area (Å²) in [6, 6.07) is 10.2. The maximum absolute atomic E-state index is 12.0. The molecule has 1 aromatic heterocycles. The first-order chi connectivity index (χ1) is 12.2. The van der Waals surface area contributed by atoms with Gasteiger partial charge in [-0.1, -0.05) is 18.2 Å². The van der Waals surface area contributed by atoms with Crippen molar-refractivity contribution in [2.24, 2.45) is 0 Å². The Morgan fingerprint density at radius 2 is 2.20 bits per heavy atom. The van der Waals surface area contributed by atoms with Crippen molar-refractivity contribution < 1.29 is 9.53 Å². The van der Waals surface area contributed by atoms with Crippen LogP contribution in [-0.2, 0) is 9.53 Å². The van der Waals surface area contributed by atoms with Crippen molar-refractivity contribution in [2.75, 3.05) is 31.1 Å². The predicted octanol–water partition coefficient (Wildman–Crippen LogP) is 1.93. The van der Waals surface area contributed by atoms with Gasteiger partial charge in [-0.05, 0) is 12.5 Å². The van der Waals surface area contributed by atoms with Gasteiger partial charge in [0.25, 0.3) is 0 Å². The summed E-state index contributed by atoms with van der Waals surface area (Å²) < 4.78 is 5.89.